The van der Waals surface area contributed by atoms with Crippen LogP contribution in [0.4, 0.5) is 17.3 Å². The molecule has 2 aliphatic rings. The van der Waals surface area contributed by atoms with Gasteiger partial charge in [-0.05, 0) is 57.5 Å². The molecule has 11 nitrogen and oxygen atoms in total. The number of methoxy groups -OCH3 is 1. The van der Waals surface area contributed by atoms with Crippen molar-refractivity contribution < 1.29 is 9.53 Å². The molecular weight excluding hydrogens is 506 g/mol. The van der Waals surface area contributed by atoms with Gasteiger partial charge < -0.3 is 25.3 Å². The van der Waals surface area contributed by atoms with E-state index in [2.05, 4.69) is 49.5 Å². The SMILES string of the molecule is COc1nn(C)cc1Nc1nccc(-c2c[nH]c3c(NC(=O)C4CCCN4C4CN(C)CCC4C)cccc23)n1. The lowest BCUT2D eigenvalue weighted by Gasteiger charge is -2.42. The van der Waals surface area contributed by atoms with Gasteiger partial charge in [0.15, 0.2) is 0 Å². The van der Waals surface area contributed by atoms with E-state index in [-0.39, 0.29) is 11.9 Å². The van der Waals surface area contributed by atoms with Crippen LogP contribution in [0.5, 0.6) is 5.88 Å². The Bertz CT molecular complexity index is 1510. The van der Waals surface area contributed by atoms with Crippen LogP contribution in [0, 0.1) is 5.92 Å². The van der Waals surface area contributed by atoms with Crippen molar-refractivity contribution in [1.82, 2.24) is 34.5 Å². The summed E-state index contributed by atoms with van der Waals surface area (Å²) < 4.78 is 7.00. The number of likely N-dealkylation sites (tertiary alicyclic amines) is 2. The van der Waals surface area contributed by atoms with E-state index < -0.39 is 0 Å². The minimum Gasteiger partial charge on any atom is -0.478 e. The quantitative estimate of drug-likeness (QED) is 0.322. The fourth-order valence-electron chi connectivity index (χ4n) is 6.19. The third-order valence-electron chi connectivity index (χ3n) is 8.28. The van der Waals surface area contributed by atoms with Crippen molar-refractivity contribution in [2.75, 3.05) is 44.4 Å². The molecule has 1 aromatic carbocycles. The zero-order valence-electron chi connectivity index (χ0n) is 23.5. The van der Waals surface area contributed by atoms with Crippen molar-refractivity contribution >= 4 is 34.1 Å². The van der Waals surface area contributed by atoms with Crippen LogP contribution in [0.1, 0.15) is 26.2 Å². The molecule has 0 spiro atoms. The number of benzene rings is 1. The molecule has 6 rings (SSSR count). The summed E-state index contributed by atoms with van der Waals surface area (Å²) in [5, 5.41) is 11.7. The highest BCUT2D eigenvalue weighted by atomic mass is 16.5. The number of fused-ring (bicyclic) bond motifs is 1. The molecule has 11 heteroatoms. The van der Waals surface area contributed by atoms with Crippen LogP contribution in [0.3, 0.4) is 0 Å². The number of carbonyl (C=O) groups excluding carboxylic acids is 1. The van der Waals surface area contributed by atoms with Crippen LogP contribution in [-0.2, 0) is 11.8 Å². The molecule has 0 aliphatic carbocycles. The zero-order chi connectivity index (χ0) is 27.8. The van der Waals surface area contributed by atoms with Crippen LogP contribution in [0.25, 0.3) is 22.2 Å². The number of hydrogen-bond donors (Lipinski definition) is 3. The van der Waals surface area contributed by atoms with E-state index in [4.69, 9.17) is 9.72 Å². The molecule has 0 saturated carbocycles. The standard InChI is InChI=1S/C29H37N9O2/c1-18-11-14-36(2)17-25(18)38-13-6-9-24(38)27(39)32-22-8-5-7-19-20(15-31-26(19)22)21-10-12-30-29(33-21)34-23-16-37(3)35-28(23)40-4/h5,7-8,10,12,15-16,18,24-25,31H,6,9,11,13-14,17H2,1-4H3,(H,32,39)(H,30,33,34). The number of ether oxygens (including phenoxy) is 1. The Morgan fingerprint density at radius 3 is 2.88 bits per heavy atom. The molecule has 0 radical (unpaired) electrons. The van der Waals surface area contributed by atoms with Gasteiger partial charge in [-0.3, -0.25) is 14.4 Å². The second kappa shape index (κ2) is 10.9. The molecule has 210 valence electrons. The van der Waals surface area contributed by atoms with Gasteiger partial charge in [0.2, 0.25) is 11.9 Å². The number of nitrogens with one attached hydrogen (secondary N) is 3. The maximum absolute atomic E-state index is 13.6. The van der Waals surface area contributed by atoms with Gasteiger partial charge in [-0.15, -0.1) is 5.10 Å². The number of H-pyrrole nitrogens is 1. The van der Waals surface area contributed by atoms with E-state index in [1.807, 2.05) is 43.7 Å². The number of para-hydroxylation sites is 1. The lowest BCUT2D eigenvalue weighted by Crippen LogP contribution is -2.54. The molecule has 5 heterocycles. The summed E-state index contributed by atoms with van der Waals surface area (Å²) in [7, 11) is 5.58. The molecule has 40 heavy (non-hydrogen) atoms. The van der Waals surface area contributed by atoms with Gasteiger partial charge in [0.25, 0.3) is 5.88 Å². The van der Waals surface area contributed by atoms with Crippen LogP contribution in [0.2, 0.25) is 0 Å². The van der Waals surface area contributed by atoms with Crippen LogP contribution in [-0.4, -0.2) is 86.3 Å². The highest BCUT2D eigenvalue weighted by Crippen LogP contribution is 2.34. The minimum absolute atomic E-state index is 0.0699. The maximum atomic E-state index is 13.6. The average Bonchev–Trinajstić information content (AvgIpc) is 3.69. The Hall–Kier alpha value is -3.96. The molecule has 2 saturated heterocycles. The van der Waals surface area contributed by atoms with E-state index >= 15 is 0 Å². The van der Waals surface area contributed by atoms with Crippen LogP contribution in [0.15, 0.2) is 42.9 Å². The van der Waals surface area contributed by atoms with Crippen molar-refractivity contribution in [2.24, 2.45) is 13.0 Å². The van der Waals surface area contributed by atoms with E-state index in [9.17, 15) is 4.79 Å². The first kappa shape index (κ1) is 26.3. The van der Waals surface area contributed by atoms with E-state index in [1.165, 1.54) is 6.42 Å². The van der Waals surface area contributed by atoms with Gasteiger partial charge in [0.05, 0.1) is 36.2 Å². The monoisotopic (exact) mass is 543 g/mol. The number of anilines is 3. The summed E-state index contributed by atoms with van der Waals surface area (Å²) in [6, 6.07) is 8.15. The molecular formula is C29H37N9O2. The molecule has 3 N–H and O–H groups in total. The van der Waals surface area contributed by atoms with Gasteiger partial charge in [0, 0.05) is 43.0 Å². The molecule has 0 bridgehead atoms. The summed E-state index contributed by atoms with van der Waals surface area (Å²) in [5.74, 6) is 1.56. The molecule has 4 aromatic rings. The highest BCUT2D eigenvalue weighted by molar-refractivity contribution is 6.06. The van der Waals surface area contributed by atoms with E-state index in [1.54, 1.807) is 18.0 Å². The summed E-state index contributed by atoms with van der Waals surface area (Å²) in [6.45, 7) is 5.45. The van der Waals surface area contributed by atoms with Crippen molar-refractivity contribution in [3.63, 3.8) is 0 Å². The predicted molar refractivity (Wildman–Crippen MR) is 156 cm³/mol. The first-order valence-electron chi connectivity index (χ1n) is 13.9. The Balaban J connectivity index is 1.23. The number of aryl methyl sites for hydroxylation is 1. The predicted octanol–water partition coefficient (Wildman–Crippen LogP) is 3.85. The summed E-state index contributed by atoms with van der Waals surface area (Å²) in [4.78, 5) is 31.0. The fraction of sp³-hybridized carbons (Fsp3) is 0.448. The van der Waals surface area contributed by atoms with Gasteiger partial charge in [-0.1, -0.05) is 19.1 Å². The highest BCUT2D eigenvalue weighted by Gasteiger charge is 2.39. The molecule has 1 amide bonds. The molecule has 3 unspecified atom stereocenters. The number of hydrogen-bond acceptors (Lipinski definition) is 8. The summed E-state index contributed by atoms with van der Waals surface area (Å²) >= 11 is 0. The molecule has 3 atom stereocenters. The van der Waals surface area contributed by atoms with Gasteiger partial charge in [0.1, 0.15) is 5.69 Å². The molecule has 3 aromatic heterocycles. The van der Waals surface area contributed by atoms with Crippen LogP contribution >= 0.6 is 0 Å². The number of rotatable bonds is 7. The summed E-state index contributed by atoms with van der Waals surface area (Å²) in [6.07, 6.45) is 8.58. The molecule has 2 aliphatic heterocycles. The lowest BCUT2D eigenvalue weighted by atomic mass is 9.92. The lowest BCUT2D eigenvalue weighted by molar-refractivity contribution is -0.121. The largest absolute Gasteiger partial charge is 0.478 e. The first-order chi connectivity index (χ1) is 19.4. The number of amides is 1. The minimum atomic E-state index is -0.108. The number of nitrogens with zero attached hydrogens (tertiary/aromatic N) is 6. The Labute approximate surface area is 233 Å². The van der Waals surface area contributed by atoms with Crippen molar-refractivity contribution in [2.45, 2.75) is 38.3 Å². The van der Waals surface area contributed by atoms with Crippen molar-refractivity contribution in [3.05, 3.63) is 42.9 Å². The third kappa shape index (κ3) is 5.02. The third-order valence-corrected chi connectivity index (χ3v) is 8.28. The van der Waals surface area contributed by atoms with E-state index in [0.29, 0.717) is 29.5 Å². The summed E-state index contributed by atoms with van der Waals surface area (Å²) in [5.41, 5.74) is 4.02. The number of likely N-dealkylation sites (N-methyl/N-ethyl adjacent to an activating group) is 1. The second-order valence-electron chi connectivity index (χ2n) is 11.0. The Morgan fingerprint density at radius 2 is 2.02 bits per heavy atom. The Morgan fingerprint density at radius 1 is 1.15 bits per heavy atom. The molecule has 2 fully saturated rings. The van der Waals surface area contributed by atoms with Gasteiger partial charge in [-0.25, -0.2) is 9.97 Å². The first-order valence-corrected chi connectivity index (χ1v) is 13.9. The second-order valence-corrected chi connectivity index (χ2v) is 11.0. The fourth-order valence-corrected chi connectivity index (χ4v) is 6.19. The number of piperidine rings is 1. The average molecular weight is 544 g/mol. The maximum Gasteiger partial charge on any atom is 0.256 e. The number of aromatic nitrogens is 5. The van der Waals surface area contributed by atoms with Crippen LogP contribution < -0.4 is 15.4 Å². The van der Waals surface area contributed by atoms with Gasteiger partial charge in [-0.2, -0.15) is 0 Å². The van der Waals surface area contributed by atoms with E-state index in [0.717, 1.165) is 60.3 Å². The smallest absolute Gasteiger partial charge is 0.256 e. The number of carbonyl (C=O) groups is 1. The normalized spacial score (nSPS) is 22.1. The Kier molecular flexibility index (Phi) is 7.16. The van der Waals surface area contributed by atoms with Crippen molar-refractivity contribution in [3.8, 4) is 17.1 Å². The zero-order valence-corrected chi connectivity index (χ0v) is 23.5. The van der Waals surface area contributed by atoms with Gasteiger partial charge >= 0.3 is 0 Å². The number of aromatic amines is 1. The van der Waals surface area contributed by atoms with Crippen molar-refractivity contribution in [1.29, 1.82) is 0 Å². The topological polar surface area (TPSA) is 116 Å².